The molecule has 1 aliphatic rings. The number of halogens is 3. The number of amides is 1. The molecule has 2 N–H and O–H groups in total. The van der Waals surface area contributed by atoms with Crippen LogP contribution in [0.25, 0.3) is 0 Å². The van der Waals surface area contributed by atoms with Gasteiger partial charge in [-0.25, -0.2) is 4.68 Å². The number of ether oxygens (including phenoxy) is 4. The predicted molar refractivity (Wildman–Crippen MR) is 166 cm³/mol. The van der Waals surface area contributed by atoms with E-state index in [-0.39, 0.29) is 6.61 Å². The molecular formula is C30H28Cl3N5O5. The Balaban J connectivity index is 1.50. The van der Waals surface area contributed by atoms with E-state index >= 15 is 0 Å². The van der Waals surface area contributed by atoms with Crippen LogP contribution in [0, 0.1) is 0 Å². The van der Waals surface area contributed by atoms with Crippen LogP contribution in [0.3, 0.4) is 0 Å². The normalized spacial score (nSPS) is 14.1. The number of methoxy groups -OCH3 is 2. The van der Waals surface area contributed by atoms with Gasteiger partial charge in [-0.1, -0.05) is 46.9 Å². The lowest BCUT2D eigenvalue weighted by Gasteiger charge is -2.29. The van der Waals surface area contributed by atoms with Gasteiger partial charge in [0.15, 0.2) is 11.5 Å². The summed E-state index contributed by atoms with van der Waals surface area (Å²) in [7, 11) is 2.98. The average molecular weight is 645 g/mol. The van der Waals surface area contributed by atoms with Gasteiger partial charge in [0.1, 0.15) is 30.5 Å². The Kier molecular flexibility index (Phi) is 9.19. The van der Waals surface area contributed by atoms with Crippen LogP contribution in [0.2, 0.25) is 15.1 Å². The van der Waals surface area contributed by atoms with E-state index in [1.165, 1.54) is 20.5 Å². The molecule has 0 aliphatic carbocycles. The van der Waals surface area contributed by atoms with E-state index in [1.54, 1.807) is 41.9 Å². The van der Waals surface area contributed by atoms with E-state index in [0.29, 0.717) is 67.6 Å². The zero-order chi connectivity index (χ0) is 30.7. The maximum absolute atomic E-state index is 14.0. The minimum Gasteiger partial charge on any atom is -0.495 e. The maximum Gasteiger partial charge on any atom is 0.255 e. The number of nitrogens with one attached hydrogen (secondary N) is 2. The number of allylic oxidation sites excluding steroid dienone is 1. The summed E-state index contributed by atoms with van der Waals surface area (Å²) in [5.74, 6) is 1.85. The molecule has 1 atom stereocenters. The maximum atomic E-state index is 14.0. The number of hydrogen-bond donors (Lipinski definition) is 2. The fourth-order valence-corrected chi connectivity index (χ4v) is 5.41. The van der Waals surface area contributed by atoms with Gasteiger partial charge in [0.05, 0.1) is 37.1 Å². The molecule has 0 saturated carbocycles. The second kappa shape index (κ2) is 13.0. The molecule has 224 valence electrons. The number of fused-ring (bicyclic) bond motifs is 1. The molecular weight excluding hydrogens is 617 g/mol. The van der Waals surface area contributed by atoms with Crippen LogP contribution in [0.5, 0.6) is 23.0 Å². The van der Waals surface area contributed by atoms with Crippen molar-refractivity contribution in [2.45, 2.75) is 26.5 Å². The highest BCUT2D eigenvalue weighted by molar-refractivity contribution is 6.35. The molecule has 0 saturated heterocycles. The number of aromatic nitrogens is 3. The lowest BCUT2D eigenvalue weighted by atomic mass is 9.94. The van der Waals surface area contributed by atoms with Crippen molar-refractivity contribution < 1.29 is 23.7 Å². The molecule has 2 heterocycles. The van der Waals surface area contributed by atoms with Gasteiger partial charge >= 0.3 is 0 Å². The highest BCUT2D eigenvalue weighted by Crippen LogP contribution is 2.41. The SMILES string of the molecule is CCOc1cc([C@@H]2C(C(=O)Nc3cc(OC)c(Cl)cc3OC)=C(C)Nc3ncnn32)ccc1OCc1ccc(Cl)cc1Cl. The van der Waals surface area contributed by atoms with Crippen LogP contribution in [-0.2, 0) is 11.4 Å². The Hall–Kier alpha value is -4.12. The summed E-state index contributed by atoms with van der Waals surface area (Å²) in [5, 5.41) is 11.9. The van der Waals surface area contributed by atoms with Crippen molar-refractivity contribution in [3.8, 4) is 23.0 Å². The molecule has 10 nitrogen and oxygen atoms in total. The lowest BCUT2D eigenvalue weighted by Crippen LogP contribution is -2.31. The van der Waals surface area contributed by atoms with Gasteiger partial charge in [-0.05, 0) is 43.7 Å². The molecule has 0 unspecified atom stereocenters. The van der Waals surface area contributed by atoms with Crippen molar-refractivity contribution in [3.63, 3.8) is 0 Å². The summed E-state index contributed by atoms with van der Waals surface area (Å²) < 4.78 is 24.5. The van der Waals surface area contributed by atoms with Crippen LogP contribution in [0.15, 0.2) is 66.1 Å². The molecule has 4 aromatic rings. The second-order valence-corrected chi connectivity index (χ2v) is 10.7. The van der Waals surface area contributed by atoms with Gasteiger partial charge in [0.2, 0.25) is 5.95 Å². The van der Waals surface area contributed by atoms with E-state index in [1.807, 2.05) is 25.1 Å². The minimum atomic E-state index is -0.655. The Morgan fingerprint density at radius 1 is 0.953 bits per heavy atom. The van der Waals surface area contributed by atoms with Crippen molar-refractivity contribution in [1.29, 1.82) is 0 Å². The Labute approximate surface area is 263 Å². The van der Waals surface area contributed by atoms with Crippen LogP contribution >= 0.6 is 34.8 Å². The molecule has 0 radical (unpaired) electrons. The molecule has 0 fully saturated rings. The molecule has 13 heteroatoms. The number of rotatable bonds is 10. The van der Waals surface area contributed by atoms with Crippen molar-refractivity contribution in [2.24, 2.45) is 0 Å². The molecule has 5 rings (SSSR count). The number of hydrogen-bond acceptors (Lipinski definition) is 8. The summed E-state index contributed by atoms with van der Waals surface area (Å²) in [6.45, 7) is 4.28. The summed E-state index contributed by atoms with van der Waals surface area (Å²) in [6.07, 6.45) is 1.42. The largest absolute Gasteiger partial charge is 0.495 e. The summed E-state index contributed by atoms with van der Waals surface area (Å²) in [4.78, 5) is 18.3. The van der Waals surface area contributed by atoms with Crippen molar-refractivity contribution in [3.05, 3.63) is 92.3 Å². The van der Waals surface area contributed by atoms with Crippen LogP contribution in [-0.4, -0.2) is 41.5 Å². The quantitative estimate of drug-likeness (QED) is 0.187. The molecule has 1 amide bonds. The molecule has 0 spiro atoms. The molecule has 1 aromatic heterocycles. The van der Waals surface area contributed by atoms with Gasteiger partial charge in [-0.15, -0.1) is 0 Å². The standard InChI is InChI=1S/C30H28Cl3N5O5/c1-5-42-26-10-17(7-9-23(26)43-14-18-6-8-19(31)11-20(18)32)28-27(16(2)36-30-34-15-35-38(28)30)29(39)37-22-13-24(40-3)21(33)12-25(22)41-4/h6-13,15,28H,5,14H2,1-4H3,(H,37,39)(H,34,35,36)/t28-/m1/s1. The van der Waals surface area contributed by atoms with Crippen molar-refractivity contribution in [2.75, 3.05) is 31.5 Å². The fourth-order valence-electron chi connectivity index (χ4n) is 4.72. The lowest BCUT2D eigenvalue weighted by molar-refractivity contribution is -0.113. The number of carbonyl (C=O) groups is 1. The van der Waals surface area contributed by atoms with Gasteiger partial charge in [-0.3, -0.25) is 4.79 Å². The van der Waals surface area contributed by atoms with Gasteiger partial charge in [0, 0.05) is 33.4 Å². The summed E-state index contributed by atoms with van der Waals surface area (Å²) in [5.41, 5.74) is 2.88. The van der Waals surface area contributed by atoms with Gasteiger partial charge in [-0.2, -0.15) is 10.1 Å². The number of carbonyl (C=O) groups excluding carboxylic acids is 1. The highest BCUT2D eigenvalue weighted by atomic mass is 35.5. The third kappa shape index (κ3) is 6.31. The molecule has 3 aromatic carbocycles. The van der Waals surface area contributed by atoms with Crippen LogP contribution in [0.1, 0.15) is 31.0 Å². The topological polar surface area (TPSA) is 109 Å². The highest BCUT2D eigenvalue weighted by Gasteiger charge is 2.34. The second-order valence-electron chi connectivity index (χ2n) is 9.40. The smallest absolute Gasteiger partial charge is 0.255 e. The number of benzene rings is 3. The van der Waals surface area contributed by atoms with Gasteiger partial charge in [0.25, 0.3) is 5.91 Å². The third-order valence-corrected chi connectivity index (χ3v) is 7.63. The summed E-state index contributed by atoms with van der Waals surface area (Å²) >= 11 is 18.6. The third-order valence-electron chi connectivity index (χ3n) is 6.74. The van der Waals surface area contributed by atoms with E-state index in [2.05, 4.69) is 20.7 Å². The Bertz CT molecular complexity index is 1710. The first-order valence-electron chi connectivity index (χ1n) is 13.2. The van der Waals surface area contributed by atoms with Crippen LogP contribution < -0.4 is 29.6 Å². The predicted octanol–water partition coefficient (Wildman–Crippen LogP) is 7.16. The van der Waals surface area contributed by atoms with E-state index in [9.17, 15) is 4.79 Å². The first-order chi connectivity index (χ1) is 20.7. The van der Waals surface area contributed by atoms with Crippen LogP contribution in [0.4, 0.5) is 11.6 Å². The van der Waals surface area contributed by atoms with E-state index in [0.717, 1.165) is 11.1 Å². The van der Waals surface area contributed by atoms with E-state index in [4.69, 9.17) is 53.8 Å². The fraction of sp³-hybridized carbons (Fsp3) is 0.233. The van der Waals surface area contributed by atoms with Crippen molar-refractivity contribution >= 4 is 52.3 Å². The monoisotopic (exact) mass is 643 g/mol. The average Bonchev–Trinajstić information content (AvgIpc) is 3.45. The number of nitrogens with zero attached hydrogens (tertiary/aromatic N) is 3. The first-order valence-corrected chi connectivity index (χ1v) is 14.3. The van der Waals surface area contributed by atoms with E-state index < -0.39 is 11.9 Å². The van der Waals surface area contributed by atoms with Crippen molar-refractivity contribution in [1.82, 2.24) is 14.8 Å². The Morgan fingerprint density at radius 3 is 2.47 bits per heavy atom. The Morgan fingerprint density at radius 2 is 1.74 bits per heavy atom. The zero-order valence-corrected chi connectivity index (χ0v) is 26.0. The van der Waals surface area contributed by atoms with Gasteiger partial charge < -0.3 is 29.6 Å². The molecule has 1 aliphatic heterocycles. The minimum absolute atomic E-state index is 0.203. The zero-order valence-electron chi connectivity index (χ0n) is 23.7. The first kappa shape index (κ1) is 30.3. The number of anilines is 2. The molecule has 0 bridgehead atoms. The molecule has 43 heavy (non-hydrogen) atoms. The summed E-state index contributed by atoms with van der Waals surface area (Å²) in [6, 6.07) is 13.2.